The molecule has 0 fully saturated rings. The fourth-order valence-electron chi connectivity index (χ4n) is 2.82. The van der Waals surface area contributed by atoms with Crippen LogP contribution in [0.15, 0.2) is 0 Å². The van der Waals surface area contributed by atoms with Gasteiger partial charge in [0.05, 0.1) is 6.42 Å². The molecule has 7 nitrogen and oxygen atoms in total. The van der Waals surface area contributed by atoms with E-state index in [1.165, 1.54) is 25.7 Å². The van der Waals surface area contributed by atoms with Crippen molar-refractivity contribution in [1.82, 2.24) is 0 Å². The third-order valence-electron chi connectivity index (χ3n) is 4.46. The zero-order valence-electron chi connectivity index (χ0n) is 16.9. The number of hydrogen-bond acceptors (Lipinski definition) is 5. The maximum absolute atomic E-state index is 12.2. The predicted octanol–water partition coefficient (Wildman–Crippen LogP) is 4.21. The molecular formula is C19H36O7S. The lowest BCUT2D eigenvalue weighted by atomic mass is 10.00. The van der Waals surface area contributed by atoms with Crippen molar-refractivity contribution in [3.05, 3.63) is 0 Å². The summed E-state index contributed by atoms with van der Waals surface area (Å²) in [4.78, 5) is 23.0. The fraction of sp³-hybridized carbons (Fsp3) is 0.895. The molecule has 0 rings (SSSR count). The quantitative estimate of drug-likeness (QED) is 0.223. The van der Waals surface area contributed by atoms with E-state index in [9.17, 15) is 18.0 Å². The highest BCUT2D eigenvalue weighted by atomic mass is 32.2. The highest BCUT2D eigenvalue weighted by molar-refractivity contribution is 7.87. The second kappa shape index (κ2) is 13.9. The van der Waals surface area contributed by atoms with Crippen molar-refractivity contribution < 1.29 is 32.4 Å². The van der Waals surface area contributed by atoms with E-state index in [0.29, 0.717) is 18.8 Å². The smallest absolute Gasteiger partial charge is 0.327 e. The molecule has 2 unspecified atom stereocenters. The maximum atomic E-state index is 12.2. The summed E-state index contributed by atoms with van der Waals surface area (Å²) in [5, 5.41) is 6.71. The Labute approximate surface area is 163 Å². The number of esters is 1. The van der Waals surface area contributed by atoms with Gasteiger partial charge < -0.3 is 9.84 Å². The van der Waals surface area contributed by atoms with Gasteiger partial charge in [-0.2, -0.15) is 8.42 Å². The van der Waals surface area contributed by atoms with E-state index in [2.05, 4.69) is 6.92 Å². The average Bonchev–Trinajstić information content (AvgIpc) is 2.55. The Balaban J connectivity index is 4.67. The summed E-state index contributed by atoms with van der Waals surface area (Å²) in [6, 6.07) is 0. The van der Waals surface area contributed by atoms with E-state index in [4.69, 9.17) is 14.4 Å². The molecule has 0 spiro atoms. The van der Waals surface area contributed by atoms with E-state index in [0.717, 1.165) is 25.7 Å². The second-order valence-corrected chi connectivity index (χ2v) is 9.14. The first-order valence-electron chi connectivity index (χ1n) is 9.96. The van der Waals surface area contributed by atoms with Gasteiger partial charge in [0.2, 0.25) is 0 Å². The van der Waals surface area contributed by atoms with Gasteiger partial charge in [0.1, 0.15) is 6.10 Å². The topological polar surface area (TPSA) is 118 Å². The minimum atomic E-state index is -4.83. The number of aliphatic carboxylic acids is 1. The zero-order chi connectivity index (χ0) is 20.9. The van der Waals surface area contributed by atoms with Gasteiger partial charge in [-0.1, -0.05) is 59.3 Å². The first-order valence-corrected chi connectivity index (χ1v) is 11.5. The molecule has 0 aliphatic heterocycles. The van der Waals surface area contributed by atoms with Gasteiger partial charge in [-0.25, -0.2) is 0 Å². The molecule has 160 valence electrons. The SMILES string of the molecule is CCCCCCCCCC(CCC(C)C)OC(=O)C(CC(=O)O)S(=O)(=O)O. The minimum absolute atomic E-state index is 0.400. The van der Waals surface area contributed by atoms with Gasteiger partial charge in [-0.05, 0) is 31.6 Å². The summed E-state index contributed by atoms with van der Waals surface area (Å²) in [6.45, 7) is 6.24. The van der Waals surface area contributed by atoms with Crippen LogP contribution in [0.25, 0.3) is 0 Å². The van der Waals surface area contributed by atoms with Gasteiger partial charge in [0.15, 0.2) is 5.25 Å². The Morgan fingerprint density at radius 2 is 1.48 bits per heavy atom. The predicted molar refractivity (Wildman–Crippen MR) is 104 cm³/mol. The fourth-order valence-corrected chi connectivity index (χ4v) is 3.47. The second-order valence-electron chi connectivity index (χ2n) is 7.54. The highest BCUT2D eigenvalue weighted by Crippen LogP contribution is 2.19. The van der Waals surface area contributed by atoms with Crippen LogP contribution in [0.1, 0.15) is 91.4 Å². The molecule has 0 saturated carbocycles. The molecule has 0 radical (unpaired) electrons. The molecule has 0 aliphatic carbocycles. The molecule has 2 atom stereocenters. The average molecular weight is 409 g/mol. The first-order chi connectivity index (χ1) is 12.6. The Bertz CT molecular complexity index is 528. The van der Waals surface area contributed by atoms with Crippen LogP contribution < -0.4 is 0 Å². The molecule has 8 heteroatoms. The van der Waals surface area contributed by atoms with E-state index in [1.807, 2.05) is 13.8 Å². The third-order valence-corrected chi connectivity index (χ3v) is 5.54. The van der Waals surface area contributed by atoms with E-state index < -0.39 is 39.8 Å². The number of carboxylic acid groups (broad SMARTS) is 1. The van der Waals surface area contributed by atoms with Crippen LogP contribution in [-0.4, -0.2) is 41.4 Å². The van der Waals surface area contributed by atoms with Crippen LogP contribution in [0.5, 0.6) is 0 Å². The van der Waals surface area contributed by atoms with E-state index >= 15 is 0 Å². The summed E-state index contributed by atoms with van der Waals surface area (Å²) in [7, 11) is -4.83. The van der Waals surface area contributed by atoms with Crippen LogP contribution in [0.3, 0.4) is 0 Å². The lowest BCUT2D eigenvalue weighted by Crippen LogP contribution is -2.36. The van der Waals surface area contributed by atoms with Crippen LogP contribution in [0.4, 0.5) is 0 Å². The van der Waals surface area contributed by atoms with Crippen molar-refractivity contribution in [3.8, 4) is 0 Å². The molecule has 0 aliphatic rings. The van der Waals surface area contributed by atoms with Crippen molar-refractivity contribution >= 4 is 22.1 Å². The molecular weight excluding hydrogens is 372 g/mol. The highest BCUT2D eigenvalue weighted by Gasteiger charge is 2.36. The van der Waals surface area contributed by atoms with Gasteiger partial charge in [-0.3, -0.25) is 14.1 Å². The molecule has 0 saturated heterocycles. The van der Waals surface area contributed by atoms with Crippen LogP contribution in [-0.2, 0) is 24.4 Å². The molecule has 2 N–H and O–H groups in total. The lowest BCUT2D eigenvalue weighted by Gasteiger charge is -2.21. The van der Waals surface area contributed by atoms with Gasteiger partial charge >= 0.3 is 11.9 Å². The molecule has 0 aromatic carbocycles. The third kappa shape index (κ3) is 13.6. The maximum Gasteiger partial charge on any atom is 0.327 e. The summed E-state index contributed by atoms with van der Waals surface area (Å²) in [5.41, 5.74) is 0. The molecule has 0 bridgehead atoms. The van der Waals surface area contributed by atoms with E-state index in [-0.39, 0.29) is 0 Å². The summed E-state index contributed by atoms with van der Waals surface area (Å²) in [5.74, 6) is -2.27. The van der Waals surface area contributed by atoms with Crippen LogP contribution >= 0.6 is 0 Å². The Kier molecular flexibility index (Phi) is 13.3. The Morgan fingerprint density at radius 3 is 1.96 bits per heavy atom. The molecule has 0 heterocycles. The zero-order valence-corrected chi connectivity index (χ0v) is 17.7. The standard InChI is InChI=1S/C19H36O7S/c1-4-5-6-7-8-9-10-11-16(13-12-15(2)3)26-19(22)17(14-18(20)21)27(23,24)25/h15-17H,4-14H2,1-3H3,(H,20,21)(H,23,24,25). The van der Waals surface area contributed by atoms with Crippen molar-refractivity contribution in [1.29, 1.82) is 0 Å². The van der Waals surface area contributed by atoms with Gasteiger partial charge in [-0.15, -0.1) is 0 Å². The van der Waals surface area contributed by atoms with Crippen LogP contribution in [0.2, 0.25) is 0 Å². The number of carbonyl (C=O) groups excluding carboxylic acids is 1. The summed E-state index contributed by atoms with van der Waals surface area (Å²) in [6.07, 6.45) is 8.33. The largest absolute Gasteiger partial charge is 0.481 e. The summed E-state index contributed by atoms with van der Waals surface area (Å²) >= 11 is 0. The van der Waals surface area contributed by atoms with E-state index in [1.54, 1.807) is 0 Å². The van der Waals surface area contributed by atoms with Crippen molar-refractivity contribution in [2.75, 3.05) is 0 Å². The Hall–Kier alpha value is -1.15. The first kappa shape index (κ1) is 25.9. The minimum Gasteiger partial charge on any atom is -0.481 e. The number of rotatable bonds is 16. The van der Waals surface area contributed by atoms with Crippen molar-refractivity contribution in [3.63, 3.8) is 0 Å². The molecule has 27 heavy (non-hydrogen) atoms. The molecule has 0 aromatic rings. The Morgan fingerprint density at radius 1 is 0.926 bits per heavy atom. The number of hydrogen-bond donors (Lipinski definition) is 2. The number of ether oxygens (including phenoxy) is 1. The summed E-state index contributed by atoms with van der Waals surface area (Å²) < 4.78 is 37.1. The van der Waals surface area contributed by atoms with Crippen molar-refractivity contribution in [2.45, 2.75) is 103 Å². The van der Waals surface area contributed by atoms with Gasteiger partial charge in [0, 0.05) is 0 Å². The lowest BCUT2D eigenvalue weighted by molar-refractivity contribution is -0.152. The normalized spacial score (nSPS) is 14.1. The number of carbonyl (C=O) groups is 2. The van der Waals surface area contributed by atoms with Gasteiger partial charge in [0.25, 0.3) is 10.1 Å². The van der Waals surface area contributed by atoms with Crippen molar-refractivity contribution in [2.24, 2.45) is 5.92 Å². The molecule has 0 amide bonds. The monoisotopic (exact) mass is 408 g/mol. The van der Waals surface area contributed by atoms with Crippen LogP contribution in [0, 0.1) is 5.92 Å². The number of unbranched alkanes of at least 4 members (excludes halogenated alkanes) is 6. The number of carboxylic acids is 1. The molecule has 0 aromatic heterocycles.